The van der Waals surface area contributed by atoms with Crippen molar-refractivity contribution in [3.63, 3.8) is 0 Å². The Labute approximate surface area is 102 Å². The van der Waals surface area contributed by atoms with E-state index in [1.807, 2.05) is 0 Å². The molecule has 2 N–H and O–H groups in total. The fraction of sp³-hybridized carbons (Fsp3) is 0.273. The summed E-state index contributed by atoms with van der Waals surface area (Å²) >= 11 is 1.37. The van der Waals surface area contributed by atoms with Gasteiger partial charge in [0.05, 0.1) is 31.5 Å². The molecule has 1 amide bonds. The minimum absolute atomic E-state index is 0.0927. The van der Waals surface area contributed by atoms with E-state index >= 15 is 0 Å². The third-order valence-electron chi connectivity index (χ3n) is 2.11. The molecule has 0 spiro atoms. The van der Waals surface area contributed by atoms with Gasteiger partial charge in [0.15, 0.2) is 0 Å². The van der Waals surface area contributed by atoms with Gasteiger partial charge < -0.3 is 14.8 Å². The van der Waals surface area contributed by atoms with Gasteiger partial charge in [-0.3, -0.25) is 4.79 Å². The molecule has 6 heteroatoms. The number of carbonyl (C=O) groups excluding carboxylic acids is 1. The van der Waals surface area contributed by atoms with E-state index in [-0.39, 0.29) is 18.9 Å². The van der Waals surface area contributed by atoms with Crippen molar-refractivity contribution in [2.75, 3.05) is 0 Å². The Morgan fingerprint density at radius 3 is 3.12 bits per heavy atom. The van der Waals surface area contributed by atoms with E-state index in [4.69, 9.17) is 9.52 Å². The Balaban J connectivity index is 1.81. The van der Waals surface area contributed by atoms with E-state index in [1.165, 1.54) is 11.3 Å². The Morgan fingerprint density at radius 1 is 1.59 bits per heavy atom. The summed E-state index contributed by atoms with van der Waals surface area (Å²) in [5.74, 6) is 0.605. The number of amides is 1. The molecule has 90 valence electrons. The van der Waals surface area contributed by atoms with Crippen molar-refractivity contribution >= 4 is 17.2 Å². The van der Waals surface area contributed by atoms with Crippen LogP contribution in [0.5, 0.6) is 0 Å². The molecule has 17 heavy (non-hydrogen) atoms. The monoisotopic (exact) mass is 252 g/mol. The highest BCUT2D eigenvalue weighted by molar-refractivity contribution is 7.09. The van der Waals surface area contributed by atoms with Crippen LogP contribution in [0, 0.1) is 0 Å². The van der Waals surface area contributed by atoms with Crippen LogP contribution in [0.25, 0.3) is 0 Å². The number of rotatable bonds is 5. The van der Waals surface area contributed by atoms with Crippen LogP contribution in [0.1, 0.15) is 16.5 Å². The molecule has 0 aliphatic rings. The first-order chi connectivity index (χ1) is 8.28. The number of aliphatic hydroxyl groups is 1. The van der Waals surface area contributed by atoms with Gasteiger partial charge in [0.2, 0.25) is 5.91 Å². The molecule has 2 aromatic rings. The summed E-state index contributed by atoms with van der Waals surface area (Å²) in [5, 5.41) is 14.0. The van der Waals surface area contributed by atoms with E-state index in [0.717, 1.165) is 0 Å². The second-order valence-electron chi connectivity index (χ2n) is 3.42. The quantitative estimate of drug-likeness (QED) is 0.835. The summed E-state index contributed by atoms with van der Waals surface area (Å²) in [6, 6.07) is 3.57. The third-order valence-corrected chi connectivity index (χ3v) is 3.01. The average molecular weight is 252 g/mol. The van der Waals surface area contributed by atoms with Gasteiger partial charge in [0.1, 0.15) is 10.8 Å². The molecule has 0 aromatic carbocycles. The van der Waals surface area contributed by atoms with Gasteiger partial charge in [0.25, 0.3) is 0 Å². The first kappa shape index (κ1) is 11.8. The average Bonchev–Trinajstić information content (AvgIpc) is 2.97. The molecule has 2 heterocycles. The van der Waals surface area contributed by atoms with Crippen molar-refractivity contribution in [3.05, 3.63) is 40.2 Å². The predicted octanol–water partition coefficient (Wildman–Crippen LogP) is 1.09. The maximum Gasteiger partial charge on any atom is 0.227 e. The number of aromatic nitrogens is 1. The second kappa shape index (κ2) is 5.60. The molecule has 0 unspecified atom stereocenters. The molecule has 2 rings (SSSR count). The number of furan rings is 1. The molecule has 5 nitrogen and oxygen atoms in total. The van der Waals surface area contributed by atoms with Gasteiger partial charge in [-0.25, -0.2) is 4.98 Å². The van der Waals surface area contributed by atoms with E-state index in [9.17, 15) is 4.79 Å². The Hall–Kier alpha value is -1.66. The zero-order valence-electron chi connectivity index (χ0n) is 9.05. The highest BCUT2D eigenvalue weighted by atomic mass is 32.1. The molecule has 0 aliphatic carbocycles. The number of thiazole rings is 1. The van der Waals surface area contributed by atoms with Crippen LogP contribution in [-0.2, 0) is 24.4 Å². The third kappa shape index (κ3) is 3.40. The lowest BCUT2D eigenvalue weighted by Crippen LogP contribution is -2.24. The SMILES string of the molecule is O=C(Cc1nc(CO)cs1)NCc1ccco1. The summed E-state index contributed by atoms with van der Waals surface area (Å²) in [4.78, 5) is 15.7. The number of hydrogen-bond donors (Lipinski definition) is 2. The summed E-state index contributed by atoms with van der Waals surface area (Å²) in [7, 11) is 0. The Bertz CT molecular complexity index is 479. The lowest BCUT2D eigenvalue weighted by molar-refractivity contribution is -0.120. The van der Waals surface area contributed by atoms with E-state index < -0.39 is 0 Å². The molecular weight excluding hydrogens is 240 g/mol. The van der Waals surface area contributed by atoms with E-state index in [1.54, 1.807) is 23.8 Å². The topological polar surface area (TPSA) is 75.4 Å². The number of nitrogens with one attached hydrogen (secondary N) is 1. The predicted molar refractivity (Wildman–Crippen MR) is 62.3 cm³/mol. The zero-order valence-corrected chi connectivity index (χ0v) is 9.87. The maximum absolute atomic E-state index is 11.6. The van der Waals surface area contributed by atoms with Crippen molar-refractivity contribution in [3.8, 4) is 0 Å². The van der Waals surface area contributed by atoms with Crippen molar-refractivity contribution in [2.45, 2.75) is 19.6 Å². The summed E-state index contributed by atoms with van der Waals surface area (Å²) in [6.45, 7) is 0.286. The van der Waals surface area contributed by atoms with Gasteiger partial charge in [-0.15, -0.1) is 11.3 Å². The van der Waals surface area contributed by atoms with Crippen molar-refractivity contribution in [1.82, 2.24) is 10.3 Å². The fourth-order valence-electron chi connectivity index (χ4n) is 1.30. The minimum atomic E-state index is -0.111. The molecule has 2 aromatic heterocycles. The summed E-state index contributed by atoms with van der Waals surface area (Å²) in [6.07, 6.45) is 1.79. The Kier molecular flexibility index (Phi) is 3.89. The number of aliphatic hydroxyl groups excluding tert-OH is 1. The van der Waals surface area contributed by atoms with Crippen LogP contribution in [0.2, 0.25) is 0 Å². The number of carbonyl (C=O) groups is 1. The molecular formula is C11H12N2O3S. The highest BCUT2D eigenvalue weighted by Gasteiger charge is 2.07. The summed E-state index contributed by atoms with van der Waals surface area (Å²) < 4.78 is 5.09. The summed E-state index contributed by atoms with van der Waals surface area (Å²) in [5.41, 5.74) is 0.601. The smallest absolute Gasteiger partial charge is 0.227 e. The van der Waals surface area contributed by atoms with Crippen LogP contribution in [-0.4, -0.2) is 16.0 Å². The lowest BCUT2D eigenvalue weighted by atomic mass is 10.4. The van der Waals surface area contributed by atoms with E-state index in [2.05, 4.69) is 10.3 Å². The van der Waals surface area contributed by atoms with Gasteiger partial charge >= 0.3 is 0 Å². The van der Waals surface area contributed by atoms with Gasteiger partial charge in [-0.05, 0) is 12.1 Å². The molecule has 0 saturated heterocycles. The standard InChI is InChI=1S/C11H12N2O3S/c14-6-8-7-17-11(13-8)4-10(15)12-5-9-2-1-3-16-9/h1-3,7,14H,4-6H2,(H,12,15). The van der Waals surface area contributed by atoms with Crippen LogP contribution in [0.15, 0.2) is 28.2 Å². The largest absolute Gasteiger partial charge is 0.467 e. The van der Waals surface area contributed by atoms with E-state index in [0.29, 0.717) is 23.0 Å². The van der Waals surface area contributed by atoms with Crippen molar-refractivity contribution in [2.24, 2.45) is 0 Å². The van der Waals surface area contributed by atoms with Crippen LogP contribution in [0.4, 0.5) is 0 Å². The highest BCUT2D eigenvalue weighted by Crippen LogP contribution is 2.10. The molecule has 0 aliphatic heterocycles. The molecule has 0 atom stereocenters. The van der Waals surface area contributed by atoms with Crippen LogP contribution >= 0.6 is 11.3 Å². The molecule has 0 fully saturated rings. The number of nitrogens with zero attached hydrogens (tertiary/aromatic N) is 1. The Morgan fingerprint density at radius 2 is 2.47 bits per heavy atom. The molecule has 0 radical (unpaired) electrons. The molecule has 0 bridgehead atoms. The van der Waals surface area contributed by atoms with Crippen molar-refractivity contribution in [1.29, 1.82) is 0 Å². The maximum atomic E-state index is 11.6. The van der Waals surface area contributed by atoms with Gasteiger partial charge in [-0.2, -0.15) is 0 Å². The van der Waals surface area contributed by atoms with Crippen LogP contribution in [0.3, 0.4) is 0 Å². The normalized spacial score (nSPS) is 10.4. The first-order valence-corrected chi connectivity index (χ1v) is 5.99. The minimum Gasteiger partial charge on any atom is -0.467 e. The van der Waals surface area contributed by atoms with Crippen molar-refractivity contribution < 1.29 is 14.3 Å². The van der Waals surface area contributed by atoms with Gasteiger partial charge in [-0.1, -0.05) is 0 Å². The molecule has 0 saturated carbocycles. The van der Waals surface area contributed by atoms with Crippen LogP contribution < -0.4 is 5.32 Å². The lowest BCUT2D eigenvalue weighted by Gasteiger charge is -2.00. The second-order valence-corrected chi connectivity index (χ2v) is 4.37. The fourth-order valence-corrected chi connectivity index (χ4v) is 2.09. The zero-order chi connectivity index (χ0) is 12.1. The number of hydrogen-bond acceptors (Lipinski definition) is 5. The van der Waals surface area contributed by atoms with Gasteiger partial charge in [0, 0.05) is 5.38 Å². The first-order valence-electron chi connectivity index (χ1n) is 5.11.